The number of benzene rings is 1. The van der Waals surface area contributed by atoms with E-state index in [0.717, 1.165) is 35.6 Å². The van der Waals surface area contributed by atoms with E-state index in [1.165, 1.54) is 12.1 Å². The number of amides is 1. The molecule has 3 rings (SSSR count). The summed E-state index contributed by atoms with van der Waals surface area (Å²) in [6.07, 6.45) is 3.63. The Balaban J connectivity index is 1.54. The maximum atomic E-state index is 12.9. The Morgan fingerprint density at radius 2 is 2.00 bits per heavy atom. The van der Waals surface area contributed by atoms with Gasteiger partial charge in [-0.3, -0.25) is 4.79 Å². The minimum absolute atomic E-state index is 0.0154. The fourth-order valence-electron chi connectivity index (χ4n) is 3.03. The highest BCUT2D eigenvalue weighted by molar-refractivity contribution is 5.76. The molecule has 0 aliphatic rings. The summed E-state index contributed by atoms with van der Waals surface area (Å²) >= 11 is 0. The lowest BCUT2D eigenvalue weighted by molar-refractivity contribution is -0.121. The molecule has 0 radical (unpaired) electrons. The lowest BCUT2D eigenvalue weighted by atomic mass is 10.2. The van der Waals surface area contributed by atoms with Crippen molar-refractivity contribution >= 4 is 17.1 Å². The van der Waals surface area contributed by atoms with E-state index in [9.17, 15) is 9.18 Å². The third-order valence-electron chi connectivity index (χ3n) is 4.56. The minimum Gasteiger partial charge on any atom is -0.352 e. The number of imidazole rings is 1. The van der Waals surface area contributed by atoms with Gasteiger partial charge < -0.3 is 14.8 Å². The van der Waals surface area contributed by atoms with E-state index >= 15 is 0 Å². The zero-order valence-corrected chi connectivity index (χ0v) is 16.4. The predicted molar refractivity (Wildman–Crippen MR) is 107 cm³/mol. The number of likely N-dealkylation sites (N-methyl/N-ethyl adjacent to an activating group) is 1. The van der Waals surface area contributed by atoms with Gasteiger partial charge in [0.1, 0.15) is 17.2 Å². The van der Waals surface area contributed by atoms with Crippen molar-refractivity contribution in [2.45, 2.75) is 32.4 Å². The standard InChI is InChI=1S/C21H26FN5O/c1-26(2)13-14-27-19(25-18-5-4-12-23-21(18)27)6-3-7-20(28)24-15-16-8-10-17(22)11-9-16/h4-5,8-12H,3,6-7,13-15H2,1-2H3,(H,24,28). The Labute approximate surface area is 164 Å². The van der Waals surface area contributed by atoms with Crippen LogP contribution in [0.15, 0.2) is 42.6 Å². The minimum atomic E-state index is -0.276. The summed E-state index contributed by atoms with van der Waals surface area (Å²) in [5, 5.41) is 2.88. The van der Waals surface area contributed by atoms with Crippen molar-refractivity contribution < 1.29 is 9.18 Å². The van der Waals surface area contributed by atoms with Gasteiger partial charge in [-0.1, -0.05) is 12.1 Å². The van der Waals surface area contributed by atoms with Crippen molar-refractivity contribution in [1.29, 1.82) is 0 Å². The molecule has 1 N–H and O–H groups in total. The summed E-state index contributed by atoms with van der Waals surface area (Å²) in [4.78, 5) is 23.4. The summed E-state index contributed by atoms with van der Waals surface area (Å²) in [7, 11) is 4.08. The molecule has 28 heavy (non-hydrogen) atoms. The van der Waals surface area contributed by atoms with Crippen LogP contribution in [0.2, 0.25) is 0 Å². The Bertz CT molecular complexity index is 920. The number of halogens is 1. The van der Waals surface area contributed by atoms with Crippen LogP contribution in [0.25, 0.3) is 11.2 Å². The zero-order chi connectivity index (χ0) is 19.9. The van der Waals surface area contributed by atoms with E-state index in [1.807, 2.05) is 26.2 Å². The molecule has 0 bridgehead atoms. The Hall–Kier alpha value is -2.80. The van der Waals surface area contributed by atoms with Crippen molar-refractivity contribution in [1.82, 2.24) is 24.8 Å². The summed E-state index contributed by atoms with van der Waals surface area (Å²) < 4.78 is 15.1. The first-order chi connectivity index (χ1) is 13.5. The molecule has 3 aromatic rings. The third kappa shape index (κ3) is 5.36. The molecule has 0 unspecified atom stereocenters. The first kappa shape index (κ1) is 19.9. The smallest absolute Gasteiger partial charge is 0.220 e. The van der Waals surface area contributed by atoms with Gasteiger partial charge in [-0.05, 0) is 50.3 Å². The van der Waals surface area contributed by atoms with Gasteiger partial charge in [-0.15, -0.1) is 0 Å². The van der Waals surface area contributed by atoms with Crippen LogP contribution in [-0.4, -0.2) is 46.0 Å². The first-order valence-corrected chi connectivity index (χ1v) is 9.49. The molecule has 2 aromatic heterocycles. The van der Waals surface area contributed by atoms with E-state index in [1.54, 1.807) is 18.3 Å². The highest BCUT2D eigenvalue weighted by Gasteiger charge is 2.12. The summed E-state index contributed by atoms with van der Waals surface area (Å²) in [5.41, 5.74) is 2.66. The number of carbonyl (C=O) groups excluding carboxylic acids is 1. The summed E-state index contributed by atoms with van der Waals surface area (Å²) in [6, 6.07) is 10.00. The van der Waals surface area contributed by atoms with Gasteiger partial charge in [0, 0.05) is 38.7 Å². The molecular formula is C21H26FN5O. The van der Waals surface area contributed by atoms with Crippen molar-refractivity contribution in [3.63, 3.8) is 0 Å². The molecule has 1 aromatic carbocycles. The molecule has 0 atom stereocenters. The molecule has 0 fully saturated rings. The van der Waals surface area contributed by atoms with Crippen LogP contribution < -0.4 is 5.32 Å². The van der Waals surface area contributed by atoms with Crippen LogP contribution in [-0.2, 0) is 24.3 Å². The van der Waals surface area contributed by atoms with Gasteiger partial charge in [0.2, 0.25) is 5.91 Å². The van der Waals surface area contributed by atoms with Crippen LogP contribution in [0.3, 0.4) is 0 Å². The molecule has 0 spiro atoms. The zero-order valence-electron chi connectivity index (χ0n) is 16.4. The van der Waals surface area contributed by atoms with E-state index < -0.39 is 0 Å². The van der Waals surface area contributed by atoms with Crippen LogP contribution in [0.5, 0.6) is 0 Å². The fraction of sp³-hybridized carbons (Fsp3) is 0.381. The second-order valence-corrected chi connectivity index (χ2v) is 7.09. The van der Waals surface area contributed by atoms with Crippen LogP contribution >= 0.6 is 0 Å². The Morgan fingerprint density at radius 3 is 2.75 bits per heavy atom. The molecule has 2 heterocycles. The molecule has 0 aliphatic carbocycles. The number of aryl methyl sites for hydroxylation is 1. The lowest BCUT2D eigenvalue weighted by Gasteiger charge is -2.13. The monoisotopic (exact) mass is 383 g/mol. The van der Waals surface area contributed by atoms with Crippen LogP contribution in [0.4, 0.5) is 4.39 Å². The van der Waals surface area contributed by atoms with Crippen LogP contribution in [0, 0.1) is 5.82 Å². The number of rotatable bonds is 9. The third-order valence-corrected chi connectivity index (χ3v) is 4.56. The predicted octanol–water partition coefficient (Wildman–Crippen LogP) is 2.77. The molecule has 0 saturated heterocycles. The second-order valence-electron chi connectivity index (χ2n) is 7.09. The number of hydrogen-bond donors (Lipinski definition) is 1. The maximum Gasteiger partial charge on any atom is 0.220 e. The average Bonchev–Trinajstić information content (AvgIpc) is 3.03. The average molecular weight is 383 g/mol. The van der Waals surface area contributed by atoms with Gasteiger partial charge in [0.15, 0.2) is 5.65 Å². The van der Waals surface area contributed by atoms with Crippen molar-refractivity contribution in [2.75, 3.05) is 20.6 Å². The lowest BCUT2D eigenvalue weighted by Crippen LogP contribution is -2.23. The van der Waals surface area contributed by atoms with Gasteiger partial charge in [0.05, 0.1) is 0 Å². The number of nitrogens with zero attached hydrogens (tertiary/aromatic N) is 4. The van der Waals surface area contributed by atoms with Crippen molar-refractivity contribution in [3.8, 4) is 0 Å². The van der Waals surface area contributed by atoms with E-state index in [0.29, 0.717) is 25.8 Å². The molecule has 6 nitrogen and oxygen atoms in total. The number of aromatic nitrogens is 3. The number of pyridine rings is 1. The number of fused-ring (bicyclic) bond motifs is 1. The van der Waals surface area contributed by atoms with E-state index in [2.05, 4.69) is 19.8 Å². The topological polar surface area (TPSA) is 63.1 Å². The first-order valence-electron chi connectivity index (χ1n) is 9.49. The highest BCUT2D eigenvalue weighted by atomic mass is 19.1. The Kier molecular flexibility index (Phi) is 6.71. The number of carbonyl (C=O) groups is 1. The Morgan fingerprint density at radius 1 is 1.21 bits per heavy atom. The molecule has 0 aliphatic heterocycles. The normalized spacial score (nSPS) is 11.3. The quantitative estimate of drug-likeness (QED) is 0.617. The fourth-order valence-corrected chi connectivity index (χ4v) is 3.03. The second kappa shape index (κ2) is 9.41. The van der Waals surface area contributed by atoms with Crippen molar-refractivity contribution in [3.05, 3.63) is 59.8 Å². The van der Waals surface area contributed by atoms with E-state index in [4.69, 9.17) is 4.98 Å². The molecule has 1 amide bonds. The van der Waals surface area contributed by atoms with Crippen molar-refractivity contribution in [2.24, 2.45) is 0 Å². The number of nitrogens with one attached hydrogen (secondary N) is 1. The van der Waals surface area contributed by atoms with Gasteiger partial charge >= 0.3 is 0 Å². The SMILES string of the molecule is CN(C)CCn1c(CCCC(=O)NCc2ccc(F)cc2)nc2cccnc21. The van der Waals surface area contributed by atoms with Crippen LogP contribution in [0.1, 0.15) is 24.2 Å². The molecule has 7 heteroatoms. The van der Waals surface area contributed by atoms with Gasteiger partial charge in [-0.2, -0.15) is 0 Å². The summed E-state index contributed by atoms with van der Waals surface area (Å²) in [5.74, 6) is 0.669. The molecule has 0 saturated carbocycles. The van der Waals surface area contributed by atoms with Gasteiger partial charge in [-0.25, -0.2) is 14.4 Å². The van der Waals surface area contributed by atoms with Gasteiger partial charge in [0.25, 0.3) is 0 Å². The maximum absolute atomic E-state index is 12.9. The number of hydrogen-bond acceptors (Lipinski definition) is 4. The summed E-state index contributed by atoms with van der Waals surface area (Å²) in [6.45, 7) is 2.12. The molecule has 148 valence electrons. The van der Waals surface area contributed by atoms with E-state index in [-0.39, 0.29) is 11.7 Å². The molecular weight excluding hydrogens is 357 g/mol. The largest absolute Gasteiger partial charge is 0.352 e. The highest BCUT2D eigenvalue weighted by Crippen LogP contribution is 2.15.